The Morgan fingerprint density at radius 3 is 2.47 bits per heavy atom. The molecule has 3 aromatic rings. The summed E-state index contributed by atoms with van der Waals surface area (Å²) in [5, 5.41) is 6.65. The van der Waals surface area contributed by atoms with Crippen molar-refractivity contribution in [1.82, 2.24) is 9.88 Å². The first-order valence-electron chi connectivity index (χ1n) is 10.4. The third-order valence-corrected chi connectivity index (χ3v) is 6.62. The van der Waals surface area contributed by atoms with Gasteiger partial charge in [-0.3, -0.25) is 4.98 Å². The predicted molar refractivity (Wildman–Crippen MR) is 132 cm³/mol. The van der Waals surface area contributed by atoms with Gasteiger partial charge in [0.2, 0.25) is 0 Å². The number of aryl methyl sites for hydroxylation is 1. The quantitative estimate of drug-likeness (QED) is 0.357. The van der Waals surface area contributed by atoms with E-state index in [0.29, 0.717) is 21.0 Å². The third-order valence-electron chi connectivity index (χ3n) is 5.65. The Balaban J connectivity index is 1.86. The summed E-state index contributed by atoms with van der Waals surface area (Å²) in [5.41, 5.74) is 4.30. The van der Waals surface area contributed by atoms with Gasteiger partial charge in [-0.25, -0.2) is 0 Å². The first-order valence-corrected chi connectivity index (χ1v) is 11.5. The van der Waals surface area contributed by atoms with E-state index in [4.69, 9.17) is 34.8 Å². The van der Waals surface area contributed by atoms with Crippen LogP contribution in [0.4, 0.5) is 5.69 Å². The van der Waals surface area contributed by atoms with E-state index in [1.165, 1.54) is 5.56 Å². The molecule has 0 amide bonds. The zero-order valence-electron chi connectivity index (χ0n) is 17.7. The molecule has 0 bridgehead atoms. The van der Waals surface area contributed by atoms with Crippen molar-refractivity contribution < 1.29 is 0 Å². The normalized spacial score (nSPS) is 12.5. The van der Waals surface area contributed by atoms with Gasteiger partial charge in [-0.1, -0.05) is 54.7 Å². The van der Waals surface area contributed by atoms with Crippen molar-refractivity contribution in [3.05, 3.63) is 68.8 Å². The third kappa shape index (κ3) is 5.59. The second kappa shape index (κ2) is 10.7. The standard InChI is InChI=1S/C24H28Cl3N3/c1-4-30(5-2)11-10-18(17-6-9-21(26)22(27)12-17)15-29-24-16(3)14-28-23-13-19(25)7-8-20(23)24/h6-9,12-14,18H,4-5,10-11,15H2,1-3H3,(H,28,29)/t18-/m1/s1. The zero-order chi connectivity index (χ0) is 21.7. The molecule has 0 spiro atoms. The molecule has 6 heteroatoms. The largest absolute Gasteiger partial charge is 0.384 e. The van der Waals surface area contributed by atoms with Crippen LogP contribution in [-0.4, -0.2) is 36.1 Å². The molecule has 0 saturated carbocycles. The van der Waals surface area contributed by atoms with Crippen molar-refractivity contribution in [1.29, 1.82) is 0 Å². The van der Waals surface area contributed by atoms with Crippen LogP contribution in [0.25, 0.3) is 10.9 Å². The van der Waals surface area contributed by atoms with E-state index in [2.05, 4.69) is 42.0 Å². The predicted octanol–water partition coefficient (Wildman–Crippen LogP) is 7.43. The maximum absolute atomic E-state index is 6.33. The first kappa shape index (κ1) is 23.1. The minimum absolute atomic E-state index is 0.301. The summed E-state index contributed by atoms with van der Waals surface area (Å²) in [6, 6.07) is 11.8. The van der Waals surface area contributed by atoms with Crippen LogP contribution < -0.4 is 5.32 Å². The van der Waals surface area contributed by atoms with Crippen LogP contribution in [-0.2, 0) is 0 Å². The average molecular weight is 465 g/mol. The second-order valence-electron chi connectivity index (χ2n) is 7.54. The zero-order valence-corrected chi connectivity index (χ0v) is 20.0. The van der Waals surface area contributed by atoms with Crippen LogP contribution in [0, 0.1) is 6.92 Å². The number of pyridine rings is 1. The van der Waals surface area contributed by atoms with Gasteiger partial charge in [0, 0.05) is 34.8 Å². The molecule has 3 rings (SSSR count). The van der Waals surface area contributed by atoms with Crippen molar-refractivity contribution in [3.63, 3.8) is 0 Å². The summed E-state index contributed by atoms with van der Waals surface area (Å²) in [7, 11) is 0. The SMILES string of the molecule is CCN(CC)CC[C@H](CNc1c(C)cnc2cc(Cl)ccc12)c1ccc(Cl)c(Cl)c1. The highest BCUT2D eigenvalue weighted by molar-refractivity contribution is 6.42. The minimum Gasteiger partial charge on any atom is -0.384 e. The monoisotopic (exact) mass is 463 g/mol. The van der Waals surface area contributed by atoms with Crippen LogP contribution >= 0.6 is 34.8 Å². The highest BCUT2D eigenvalue weighted by Gasteiger charge is 2.16. The average Bonchev–Trinajstić information content (AvgIpc) is 2.74. The van der Waals surface area contributed by atoms with Gasteiger partial charge in [0.1, 0.15) is 0 Å². The van der Waals surface area contributed by atoms with Gasteiger partial charge in [0.25, 0.3) is 0 Å². The lowest BCUT2D eigenvalue weighted by Gasteiger charge is -2.25. The molecule has 2 aromatic carbocycles. The molecule has 0 radical (unpaired) electrons. The fourth-order valence-electron chi connectivity index (χ4n) is 3.76. The van der Waals surface area contributed by atoms with Gasteiger partial charge >= 0.3 is 0 Å². The topological polar surface area (TPSA) is 28.2 Å². The van der Waals surface area contributed by atoms with Crippen molar-refractivity contribution >= 4 is 51.4 Å². The van der Waals surface area contributed by atoms with E-state index in [0.717, 1.165) is 54.8 Å². The molecule has 3 nitrogen and oxygen atoms in total. The molecule has 1 atom stereocenters. The van der Waals surface area contributed by atoms with Crippen molar-refractivity contribution in [2.24, 2.45) is 0 Å². The first-order chi connectivity index (χ1) is 14.4. The summed E-state index contributed by atoms with van der Waals surface area (Å²) in [6.07, 6.45) is 2.92. The van der Waals surface area contributed by atoms with Crippen LogP contribution in [0.3, 0.4) is 0 Å². The molecule has 1 aromatic heterocycles. The Kier molecular flexibility index (Phi) is 8.24. The summed E-state index contributed by atoms with van der Waals surface area (Å²) >= 11 is 18.6. The maximum atomic E-state index is 6.33. The molecule has 160 valence electrons. The van der Waals surface area contributed by atoms with Crippen LogP contribution in [0.5, 0.6) is 0 Å². The van der Waals surface area contributed by atoms with Gasteiger partial charge in [-0.05, 0) is 74.4 Å². The van der Waals surface area contributed by atoms with Gasteiger partial charge in [0.15, 0.2) is 0 Å². The molecule has 0 aliphatic rings. The number of nitrogens with one attached hydrogen (secondary N) is 1. The molecule has 0 fully saturated rings. The number of hydrogen-bond acceptors (Lipinski definition) is 3. The van der Waals surface area contributed by atoms with Gasteiger partial charge in [-0.15, -0.1) is 0 Å². The molecule has 0 saturated heterocycles. The van der Waals surface area contributed by atoms with Crippen LogP contribution in [0.2, 0.25) is 15.1 Å². The molecular weight excluding hydrogens is 437 g/mol. The number of aromatic nitrogens is 1. The fraction of sp³-hybridized carbons (Fsp3) is 0.375. The Morgan fingerprint density at radius 2 is 1.77 bits per heavy atom. The molecule has 0 aliphatic heterocycles. The number of anilines is 1. The molecule has 1 N–H and O–H groups in total. The Labute approximate surface area is 194 Å². The number of fused-ring (bicyclic) bond motifs is 1. The van der Waals surface area contributed by atoms with Gasteiger partial charge in [0.05, 0.1) is 15.6 Å². The molecule has 30 heavy (non-hydrogen) atoms. The van der Waals surface area contributed by atoms with E-state index in [1.807, 2.05) is 36.5 Å². The molecular formula is C24H28Cl3N3. The summed E-state index contributed by atoms with van der Waals surface area (Å²) in [6.45, 7) is 10.4. The Hall–Kier alpha value is -1.52. The van der Waals surface area contributed by atoms with Crippen molar-refractivity contribution in [2.75, 3.05) is 31.5 Å². The van der Waals surface area contributed by atoms with E-state index in [9.17, 15) is 0 Å². The molecule has 1 heterocycles. The number of rotatable bonds is 9. The minimum atomic E-state index is 0.301. The van der Waals surface area contributed by atoms with E-state index in [1.54, 1.807) is 0 Å². The van der Waals surface area contributed by atoms with Crippen LogP contribution in [0.1, 0.15) is 37.3 Å². The van der Waals surface area contributed by atoms with E-state index in [-0.39, 0.29) is 0 Å². The fourth-order valence-corrected chi connectivity index (χ4v) is 4.23. The Bertz CT molecular complexity index is 1000. The lowest BCUT2D eigenvalue weighted by molar-refractivity contribution is 0.291. The second-order valence-corrected chi connectivity index (χ2v) is 8.80. The van der Waals surface area contributed by atoms with Gasteiger partial charge < -0.3 is 10.2 Å². The number of nitrogens with zero attached hydrogens (tertiary/aromatic N) is 2. The molecule has 0 unspecified atom stereocenters. The lowest BCUT2D eigenvalue weighted by atomic mass is 9.95. The smallest absolute Gasteiger partial charge is 0.0737 e. The Morgan fingerprint density at radius 1 is 1.00 bits per heavy atom. The van der Waals surface area contributed by atoms with E-state index >= 15 is 0 Å². The van der Waals surface area contributed by atoms with Crippen molar-refractivity contribution in [3.8, 4) is 0 Å². The molecule has 0 aliphatic carbocycles. The van der Waals surface area contributed by atoms with Gasteiger partial charge in [-0.2, -0.15) is 0 Å². The highest BCUT2D eigenvalue weighted by atomic mass is 35.5. The van der Waals surface area contributed by atoms with Crippen molar-refractivity contribution in [2.45, 2.75) is 33.1 Å². The lowest BCUT2D eigenvalue weighted by Crippen LogP contribution is -2.27. The maximum Gasteiger partial charge on any atom is 0.0737 e. The van der Waals surface area contributed by atoms with Crippen LogP contribution in [0.15, 0.2) is 42.6 Å². The number of hydrogen-bond donors (Lipinski definition) is 1. The summed E-state index contributed by atoms with van der Waals surface area (Å²) < 4.78 is 0. The number of benzene rings is 2. The summed E-state index contributed by atoms with van der Waals surface area (Å²) in [5.74, 6) is 0.301. The number of halogens is 3. The van der Waals surface area contributed by atoms with E-state index < -0.39 is 0 Å². The highest BCUT2D eigenvalue weighted by Crippen LogP contribution is 2.31. The summed E-state index contributed by atoms with van der Waals surface area (Å²) in [4.78, 5) is 6.97.